The number of rotatable bonds is 6. The van der Waals surface area contributed by atoms with E-state index in [1.54, 1.807) is 0 Å². The second kappa shape index (κ2) is 7.34. The van der Waals surface area contributed by atoms with Gasteiger partial charge in [0.25, 0.3) is 5.91 Å². The Bertz CT molecular complexity index is 394. The highest BCUT2D eigenvalue weighted by Crippen LogP contribution is 2.13. The van der Waals surface area contributed by atoms with Crippen molar-refractivity contribution in [3.8, 4) is 0 Å². The van der Waals surface area contributed by atoms with Crippen LogP contribution in [0.25, 0.3) is 0 Å². The van der Waals surface area contributed by atoms with Crippen molar-refractivity contribution >= 4 is 5.91 Å². The van der Waals surface area contributed by atoms with E-state index in [9.17, 15) is 4.79 Å². The summed E-state index contributed by atoms with van der Waals surface area (Å²) in [4.78, 5) is 12.1. The minimum atomic E-state index is 0.0576. The van der Waals surface area contributed by atoms with Crippen LogP contribution >= 0.6 is 0 Å². The van der Waals surface area contributed by atoms with Crippen LogP contribution in [0.4, 0.5) is 0 Å². The molecule has 1 aliphatic heterocycles. The van der Waals surface area contributed by atoms with Crippen LogP contribution < -0.4 is 10.6 Å². The van der Waals surface area contributed by atoms with Crippen molar-refractivity contribution < 1.29 is 4.79 Å². The van der Waals surface area contributed by atoms with Gasteiger partial charge in [-0.15, -0.1) is 0 Å². The molecule has 106 valence electrons. The smallest absolute Gasteiger partial charge is 0.267 e. The molecule has 1 amide bonds. The monoisotopic (exact) mass is 263 g/mol. The Labute approximate surface area is 115 Å². The Morgan fingerprint density at radius 2 is 2.47 bits per heavy atom. The predicted octanol–water partition coefficient (Wildman–Crippen LogP) is 2.02. The van der Waals surface area contributed by atoms with E-state index in [0.717, 1.165) is 50.6 Å². The summed E-state index contributed by atoms with van der Waals surface area (Å²) in [5.74, 6) is 0.777. The lowest BCUT2D eigenvalue weighted by Crippen LogP contribution is -2.33. The molecule has 0 spiro atoms. The number of nitrogens with one attached hydrogen (secondary N) is 2. The maximum atomic E-state index is 12.1. The molecule has 1 fully saturated rings. The fourth-order valence-corrected chi connectivity index (χ4v) is 2.71. The molecule has 1 atom stereocenters. The Hall–Kier alpha value is -1.29. The van der Waals surface area contributed by atoms with E-state index >= 15 is 0 Å². The molecule has 0 aliphatic carbocycles. The first-order chi connectivity index (χ1) is 9.31. The molecule has 4 heteroatoms. The fourth-order valence-electron chi connectivity index (χ4n) is 2.71. The van der Waals surface area contributed by atoms with Crippen LogP contribution in [0.5, 0.6) is 0 Å². The average Bonchev–Trinajstić information content (AvgIpc) is 2.89. The van der Waals surface area contributed by atoms with Crippen LogP contribution in [-0.2, 0) is 6.54 Å². The van der Waals surface area contributed by atoms with Crippen molar-refractivity contribution in [3.63, 3.8) is 0 Å². The molecule has 0 radical (unpaired) electrons. The first-order valence-electron chi connectivity index (χ1n) is 7.45. The number of hydrogen-bond donors (Lipinski definition) is 2. The number of hydrogen-bond acceptors (Lipinski definition) is 2. The Morgan fingerprint density at radius 3 is 3.21 bits per heavy atom. The van der Waals surface area contributed by atoms with Gasteiger partial charge in [-0.25, -0.2) is 0 Å². The van der Waals surface area contributed by atoms with Gasteiger partial charge < -0.3 is 15.2 Å². The van der Waals surface area contributed by atoms with Gasteiger partial charge in [0.2, 0.25) is 0 Å². The van der Waals surface area contributed by atoms with Crippen LogP contribution in [0.2, 0.25) is 0 Å². The van der Waals surface area contributed by atoms with Gasteiger partial charge in [-0.2, -0.15) is 0 Å². The van der Waals surface area contributed by atoms with Crippen molar-refractivity contribution in [2.45, 2.75) is 39.2 Å². The number of aromatic nitrogens is 1. The van der Waals surface area contributed by atoms with Crippen molar-refractivity contribution in [1.29, 1.82) is 0 Å². The van der Waals surface area contributed by atoms with E-state index in [-0.39, 0.29) is 5.91 Å². The molecule has 2 rings (SSSR count). The minimum absolute atomic E-state index is 0.0576. The molecule has 0 aromatic carbocycles. The molecular weight excluding hydrogens is 238 g/mol. The summed E-state index contributed by atoms with van der Waals surface area (Å²) in [6, 6.07) is 3.84. The number of nitrogens with zero attached hydrogens (tertiary/aromatic N) is 1. The molecule has 1 aromatic heterocycles. The SMILES string of the molecule is CCCn1cccc1C(=O)NCCC1CCCNC1. The van der Waals surface area contributed by atoms with E-state index in [4.69, 9.17) is 0 Å². The molecule has 1 saturated heterocycles. The van der Waals surface area contributed by atoms with Crippen LogP contribution in [-0.4, -0.2) is 30.1 Å². The summed E-state index contributed by atoms with van der Waals surface area (Å²) in [7, 11) is 0. The van der Waals surface area contributed by atoms with Crippen molar-refractivity contribution in [2.24, 2.45) is 5.92 Å². The first kappa shape index (κ1) is 14.1. The Balaban J connectivity index is 1.75. The summed E-state index contributed by atoms with van der Waals surface area (Å²) in [6.45, 7) is 6.05. The number of piperidine rings is 1. The normalized spacial score (nSPS) is 19.3. The molecule has 1 unspecified atom stereocenters. The lowest BCUT2D eigenvalue weighted by molar-refractivity contribution is 0.0941. The summed E-state index contributed by atoms with van der Waals surface area (Å²) in [6.07, 6.45) is 6.65. The maximum Gasteiger partial charge on any atom is 0.267 e. The van der Waals surface area contributed by atoms with Crippen LogP contribution in [0.1, 0.15) is 43.1 Å². The van der Waals surface area contributed by atoms with Crippen LogP contribution in [0.3, 0.4) is 0 Å². The van der Waals surface area contributed by atoms with Crippen LogP contribution in [0.15, 0.2) is 18.3 Å². The zero-order valence-electron chi connectivity index (χ0n) is 11.8. The first-order valence-corrected chi connectivity index (χ1v) is 7.45. The van der Waals surface area contributed by atoms with Gasteiger partial charge in [0.05, 0.1) is 0 Å². The quantitative estimate of drug-likeness (QED) is 0.825. The highest BCUT2D eigenvalue weighted by molar-refractivity contribution is 5.92. The summed E-state index contributed by atoms with van der Waals surface area (Å²) >= 11 is 0. The zero-order chi connectivity index (χ0) is 13.5. The predicted molar refractivity (Wildman–Crippen MR) is 77.3 cm³/mol. The summed E-state index contributed by atoms with van der Waals surface area (Å²) < 4.78 is 2.03. The highest BCUT2D eigenvalue weighted by Gasteiger charge is 2.14. The van der Waals surface area contributed by atoms with Gasteiger partial charge in [0, 0.05) is 19.3 Å². The molecule has 2 N–H and O–H groups in total. The standard InChI is InChI=1S/C15H25N3O/c1-2-10-18-11-4-6-14(18)15(19)17-9-7-13-5-3-8-16-12-13/h4,6,11,13,16H,2-3,5,7-10,12H2,1H3,(H,17,19). The van der Waals surface area contributed by atoms with Crippen molar-refractivity contribution in [1.82, 2.24) is 15.2 Å². The molecule has 19 heavy (non-hydrogen) atoms. The van der Waals surface area contributed by atoms with Gasteiger partial charge in [0.15, 0.2) is 0 Å². The Morgan fingerprint density at radius 1 is 1.58 bits per heavy atom. The average molecular weight is 263 g/mol. The Kier molecular flexibility index (Phi) is 5.45. The van der Waals surface area contributed by atoms with Gasteiger partial charge in [-0.05, 0) is 56.8 Å². The van der Waals surface area contributed by atoms with Crippen molar-refractivity contribution in [2.75, 3.05) is 19.6 Å². The molecule has 2 heterocycles. The molecule has 0 saturated carbocycles. The summed E-state index contributed by atoms with van der Waals surface area (Å²) in [5, 5.41) is 6.45. The van der Waals surface area contributed by atoms with Gasteiger partial charge in [0.1, 0.15) is 5.69 Å². The van der Waals surface area contributed by atoms with E-state index in [1.165, 1.54) is 12.8 Å². The zero-order valence-corrected chi connectivity index (χ0v) is 11.8. The topological polar surface area (TPSA) is 46.1 Å². The molecule has 4 nitrogen and oxygen atoms in total. The van der Waals surface area contributed by atoms with Gasteiger partial charge in [-0.3, -0.25) is 4.79 Å². The fraction of sp³-hybridized carbons (Fsp3) is 0.667. The largest absolute Gasteiger partial charge is 0.351 e. The lowest BCUT2D eigenvalue weighted by atomic mass is 9.96. The second-order valence-electron chi connectivity index (χ2n) is 5.34. The molecule has 1 aliphatic rings. The summed E-state index contributed by atoms with van der Waals surface area (Å²) in [5.41, 5.74) is 0.781. The van der Waals surface area contributed by atoms with E-state index in [2.05, 4.69) is 17.6 Å². The van der Waals surface area contributed by atoms with Crippen LogP contribution in [0, 0.1) is 5.92 Å². The molecule has 0 bridgehead atoms. The number of carbonyl (C=O) groups is 1. The number of aryl methyl sites for hydroxylation is 1. The van der Waals surface area contributed by atoms with E-state index in [1.807, 2.05) is 22.9 Å². The molecular formula is C15H25N3O. The van der Waals surface area contributed by atoms with E-state index < -0.39 is 0 Å². The third-order valence-corrected chi connectivity index (χ3v) is 3.76. The van der Waals surface area contributed by atoms with E-state index in [0.29, 0.717) is 0 Å². The third-order valence-electron chi connectivity index (χ3n) is 3.76. The second-order valence-corrected chi connectivity index (χ2v) is 5.34. The minimum Gasteiger partial charge on any atom is -0.351 e. The lowest BCUT2D eigenvalue weighted by Gasteiger charge is -2.22. The number of carbonyl (C=O) groups excluding carboxylic acids is 1. The van der Waals surface area contributed by atoms with Gasteiger partial charge >= 0.3 is 0 Å². The molecule has 1 aromatic rings. The van der Waals surface area contributed by atoms with Gasteiger partial charge in [-0.1, -0.05) is 6.92 Å². The maximum absolute atomic E-state index is 12.1. The van der Waals surface area contributed by atoms with Crippen molar-refractivity contribution in [3.05, 3.63) is 24.0 Å². The third kappa shape index (κ3) is 4.10. The number of amides is 1. The highest BCUT2D eigenvalue weighted by atomic mass is 16.1.